The maximum Gasteiger partial charge on any atom is 0.123 e. The first-order valence-corrected chi connectivity index (χ1v) is 4.51. The second-order valence-electron chi connectivity index (χ2n) is 3.38. The van der Waals surface area contributed by atoms with Crippen LogP contribution in [0, 0.1) is 19.7 Å². The van der Waals surface area contributed by atoms with Crippen LogP contribution in [-0.2, 0) is 0 Å². The minimum absolute atomic E-state index is 0.234. The Kier molecular flexibility index (Phi) is 3.04. The number of aryl methyl sites for hydroxylation is 2. The lowest BCUT2D eigenvalue weighted by Crippen LogP contribution is -2.02. The molecule has 72 valence electrons. The molecule has 0 saturated heterocycles. The number of rotatable bonds is 2. The standard InChI is InChI=1S/C11H15FO/c1-4-10(13)11-7(2)5-9(12)6-8(11)3/h5-6,10,13H,4H2,1-3H3. The Labute approximate surface area is 78.2 Å². The third kappa shape index (κ3) is 2.07. The van der Waals surface area contributed by atoms with Gasteiger partial charge in [0.2, 0.25) is 0 Å². The SMILES string of the molecule is CCC(O)c1c(C)cc(F)cc1C. The van der Waals surface area contributed by atoms with Crippen molar-refractivity contribution in [3.8, 4) is 0 Å². The predicted octanol–water partition coefficient (Wildman–Crippen LogP) is 2.89. The zero-order chi connectivity index (χ0) is 10.0. The minimum Gasteiger partial charge on any atom is -0.388 e. The van der Waals surface area contributed by atoms with E-state index in [9.17, 15) is 9.50 Å². The van der Waals surface area contributed by atoms with E-state index >= 15 is 0 Å². The molecule has 1 unspecified atom stereocenters. The van der Waals surface area contributed by atoms with Gasteiger partial charge in [0.25, 0.3) is 0 Å². The molecule has 0 spiro atoms. The summed E-state index contributed by atoms with van der Waals surface area (Å²) in [5.41, 5.74) is 2.52. The lowest BCUT2D eigenvalue weighted by molar-refractivity contribution is 0.172. The fourth-order valence-electron chi connectivity index (χ4n) is 1.65. The second-order valence-corrected chi connectivity index (χ2v) is 3.38. The molecule has 1 atom stereocenters. The molecule has 1 N–H and O–H groups in total. The van der Waals surface area contributed by atoms with Crippen molar-refractivity contribution in [2.75, 3.05) is 0 Å². The fraction of sp³-hybridized carbons (Fsp3) is 0.455. The van der Waals surface area contributed by atoms with Gasteiger partial charge in [-0.05, 0) is 49.1 Å². The molecule has 0 aliphatic carbocycles. The van der Waals surface area contributed by atoms with Gasteiger partial charge in [-0.2, -0.15) is 0 Å². The van der Waals surface area contributed by atoms with E-state index in [1.54, 1.807) is 0 Å². The van der Waals surface area contributed by atoms with Gasteiger partial charge in [0.15, 0.2) is 0 Å². The van der Waals surface area contributed by atoms with Crippen LogP contribution in [0.4, 0.5) is 4.39 Å². The molecule has 2 heteroatoms. The van der Waals surface area contributed by atoms with E-state index in [0.717, 1.165) is 16.7 Å². The van der Waals surface area contributed by atoms with E-state index in [1.165, 1.54) is 12.1 Å². The zero-order valence-electron chi connectivity index (χ0n) is 8.26. The van der Waals surface area contributed by atoms with Crippen LogP contribution in [0.15, 0.2) is 12.1 Å². The average Bonchev–Trinajstić information content (AvgIpc) is 2.02. The minimum atomic E-state index is -0.472. The van der Waals surface area contributed by atoms with Crippen LogP contribution in [-0.4, -0.2) is 5.11 Å². The number of halogens is 1. The lowest BCUT2D eigenvalue weighted by Gasteiger charge is -2.14. The van der Waals surface area contributed by atoms with Crippen LogP contribution >= 0.6 is 0 Å². The Morgan fingerprint density at radius 3 is 2.15 bits per heavy atom. The summed E-state index contributed by atoms with van der Waals surface area (Å²) in [6, 6.07) is 2.92. The molecule has 1 rings (SSSR count). The van der Waals surface area contributed by atoms with Crippen LogP contribution in [0.5, 0.6) is 0 Å². The van der Waals surface area contributed by atoms with E-state index in [0.29, 0.717) is 6.42 Å². The highest BCUT2D eigenvalue weighted by Gasteiger charge is 2.11. The van der Waals surface area contributed by atoms with Crippen LogP contribution in [0.25, 0.3) is 0 Å². The molecular weight excluding hydrogens is 167 g/mol. The van der Waals surface area contributed by atoms with Crippen molar-refractivity contribution in [2.24, 2.45) is 0 Å². The number of aliphatic hydroxyl groups excluding tert-OH is 1. The first kappa shape index (κ1) is 10.2. The number of aliphatic hydroxyl groups is 1. The Bertz CT molecular complexity index is 284. The van der Waals surface area contributed by atoms with E-state index in [2.05, 4.69) is 0 Å². The van der Waals surface area contributed by atoms with Crippen molar-refractivity contribution in [2.45, 2.75) is 33.3 Å². The highest BCUT2D eigenvalue weighted by Crippen LogP contribution is 2.24. The second kappa shape index (κ2) is 3.88. The molecule has 0 saturated carbocycles. The highest BCUT2D eigenvalue weighted by atomic mass is 19.1. The zero-order valence-corrected chi connectivity index (χ0v) is 8.26. The quantitative estimate of drug-likeness (QED) is 0.745. The predicted molar refractivity (Wildman–Crippen MR) is 51.1 cm³/mol. The Morgan fingerprint density at radius 1 is 1.31 bits per heavy atom. The van der Waals surface area contributed by atoms with Gasteiger partial charge < -0.3 is 5.11 Å². The molecule has 1 nitrogen and oxygen atoms in total. The van der Waals surface area contributed by atoms with Gasteiger partial charge in [-0.3, -0.25) is 0 Å². The normalized spacial score (nSPS) is 13.0. The van der Waals surface area contributed by atoms with Gasteiger partial charge in [-0.25, -0.2) is 4.39 Å². The van der Waals surface area contributed by atoms with Crippen LogP contribution < -0.4 is 0 Å². The number of hydrogen-bond donors (Lipinski definition) is 1. The van der Waals surface area contributed by atoms with Crippen molar-refractivity contribution in [1.82, 2.24) is 0 Å². The molecule has 0 aliphatic heterocycles. The van der Waals surface area contributed by atoms with Gasteiger partial charge in [0, 0.05) is 0 Å². The Balaban J connectivity index is 3.20. The molecule has 13 heavy (non-hydrogen) atoms. The van der Waals surface area contributed by atoms with Crippen LogP contribution in [0.1, 0.15) is 36.1 Å². The average molecular weight is 182 g/mol. The molecule has 0 heterocycles. The molecular formula is C11H15FO. The van der Waals surface area contributed by atoms with E-state index in [1.807, 2.05) is 20.8 Å². The van der Waals surface area contributed by atoms with E-state index in [-0.39, 0.29) is 5.82 Å². The van der Waals surface area contributed by atoms with E-state index in [4.69, 9.17) is 0 Å². The van der Waals surface area contributed by atoms with Crippen molar-refractivity contribution < 1.29 is 9.50 Å². The topological polar surface area (TPSA) is 20.2 Å². The monoisotopic (exact) mass is 182 g/mol. The van der Waals surface area contributed by atoms with Gasteiger partial charge in [-0.15, -0.1) is 0 Å². The van der Waals surface area contributed by atoms with Crippen LogP contribution in [0.3, 0.4) is 0 Å². The Hall–Kier alpha value is -0.890. The summed E-state index contributed by atoms with van der Waals surface area (Å²) in [4.78, 5) is 0. The lowest BCUT2D eigenvalue weighted by atomic mass is 9.96. The number of hydrogen-bond acceptors (Lipinski definition) is 1. The van der Waals surface area contributed by atoms with Crippen molar-refractivity contribution in [1.29, 1.82) is 0 Å². The molecule has 0 aliphatic rings. The molecule has 0 fully saturated rings. The van der Waals surface area contributed by atoms with Gasteiger partial charge in [0.1, 0.15) is 5.82 Å². The maximum atomic E-state index is 12.9. The summed E-state index contributed by atoms with van der Waals surface area (Å²) < 4.78 is 12.9. The molecule has 0 amide bonds. The van der Waals surface area contributed by atoms with Gasteiger partial charge >= 0.3 is 0 Å². The smallest absolute Gasteiger partial charge is 0.123 e. The molecule has 1 aromatic carbocycles. The van der Waals surface area contributed by atoms with Gasteiger partial charge in [0.05, 0.1) is 6.10 Å². The summed E-state index contributed by atoms with van der Waals surface area (Å²) in [5.74, 6) is -0.234. The van der Waals surface area contributed by atoms with Crippen molar-refractivity contribution in [3.05, 3.63) is 34.6 Å². The summed E-state index contributed by atoms with van der Waals surface area (Å²) in [7, 11) is 0. The van der Waals surface area contributed by atoms with E-state index < -0.39 is 6.10 Å². The largest absolute Gasteiger partial charge is 0.388 e. The summed E-state index contributed by atoms with van der Waals surface area (Å²) in [5, 5.41) is 9.66. The van der Waals surface area contributed by atoms with Gasteiger partial charge in [-0.1, -0.05) is 6.92 Å². The molecule has 0 radical (unpaired) electrons. The highest BCUT2D eigenvalue weighted by molar-refractivity contribution is 5.35. The summed E-state index contributed by atoms with van der Waals surface area (Å²) in [6.07, 6.45) is 0.188. The third-order valence-electron chi connectivity index (χ3n) is 2.28. The van der Waals surface area contributed by atoms with Crippen molar-refractivity contribution in [3.63, 3.8) is 0 Å². The van der Waals surface area contributed by atoms with Crippen molar-refractivity contribution >= 4 is 0 Å². The first-order chi connectivity index (χ1) is 6.06. The molecule has 0 aromatic heterocycles. The Morgan fingerprint density at radius 2 is 1.77 bits per heavy atom. The fourth-order valence-corrected chi connectivity index (χ4v) is 1.65. The third-order valence-corrected chi connectivity index (χ3v) is 2.28. The molecule has 1 aromatic rings. The first-order valence-electron chi connectivity index (χ1n) is 4.51. The van der Waals surface area contributed by atoms with Crippen LogP contribution in [0.2, 0.25) is 0 Å². The summed E-state index contributed by atoms with van der Waals surface area (Å²) >= 11 is 0. The number of benzene rings is 1. The maximum absolute atomic E-state index is 12.9. The molecule has 0 bridgehead atoms. The summed E-state index contributed by atoms with van der Waals surface area (Å²) in [6.45, 7) is 5.56.